The summed E-state index contributed by atoms with van der Waals surface area (Å²) < 4.78 is 18.7. The SMILES string of the molecule is CC(=NNC(=O)c1ccccc1OCc1ccc(F)cc1)c1ccc(C#N)cc1. The minimum Gasteiger partial charge on any atom is -0.488 e. The summed E-state index contributed by atoms with van der Waals surface area (Å²) >= 11 is 0. The van der Waals surface area contributed by atoms with Crippen molar-refractivity contribution >= 4 is 11.6 Å². The van der Waals surface area contributed by atoms with Crippen LogP contribution in [0.4, 0.5) is 4.39 Å². The van der Waals surface area contributed by atoms with Crippen molar-refractivity contribution in [1.82, 2.24) is 5.43 Å². The minimum atomic E-state index is -0.410. The molecule has 0 spiro atoms. The van der Waals surface area contributed by atoms with E-state index in [1.54, 1.807) is 67.6 Å². The van der Waals surface area contributed by atoms with Crippen LogP contribution in [0.15, 0.2) is 77.9 Å². The third-order valence-corrected chi connectivity index (χ3v) is 4.20. The van der Waals surface area contributed by atoms with Gasteiger partial charge < -0.3 is 4.74 Å². The number of nitrogens with zero attached hydrogens (tertiary/aromatic N) is 2. The van der Waals surface area contributed by atoms with E-state index in [0.717, 1.165) is 11.1 Å². The lowest BCUT2D eigenvalue weighted by molar-refractivity contribution is 0.0950. The fraction of sp³-hybridized carbons (Fsp3) is 0.0870. The number of halogens is 1. The van der Waals surface area contributed by atoms with Crippen LogP contribution in [0.1, 0.15) is 34.0 Å². The third kappa shape index (κ3) is 5.27. The molecule has 0 aromatic heterocycles. The Hall–Kier alpha value is -3.98. The molecule has 6 heteroatoms. The number of hydrogen-bond donors (Lipinski definition) is 1. The van der Waals surface area contributed by atoms with E-state index in [0.29, 0.717) is 22.6 Å². The Morgan fingerprint density at radius 2 is 1.76 bits per heavy atom. The van der Waals surface area contributed by atoms with Gasteiger partial charge in [0.25, 0.3) is 5.91 Å². The number of para-hydroxylation sites is 1. The number of amides is 1. The van der Waals surface area contributed by atoms with E-state index in [1.807, 2.05) is 0 Å². The van der Waals surface area contributed by atoms with Crippen molar-refractivity contribution in [3.63, 3.8) is 0 Å². The van der Waals surface area contributed by atoms with Crippen molar-refractivity contribution in [3.05, 3.63) is 101 Å². The lowest BCUT2D eigenvalue weighted by Crippen LogP contribution is -2.20. The van der Waals surface area contributed by atoms with Gasteiger partial charge in [0.15, 0.2) is 0 Å². The summed E-state index contributed by atoms with van der Waals surface area (Å²) in [5, 5.41) is 13.0. The summed E-state index contributed by atoms with van der Waals surface area (Å²) in [4.78, 5) is 12.6. The topological polar surface area (TPSA) is 74.5 Å². The quantitative estimate of drug-likeness (QED) is 0.502. The molecule has 0 heterocycles. The van der Waals surface area contributed by atoms with Gasteiger partial charge >= 0.3 is 0 Å². The molecule has 5 nitrogen and oxygen atoms in total. The maximum Gasteiger partial charge on any atom is 0.275 e. The highest BCUT2D eigenvalue weighted by atomic mass is 19.1. The normalized spacial score (nSPS) is 10.9. The average molecular weight is 387 g/mol. The molecule has 0 bridgehead atoms. The van der Waals surface area contributed by atoms with Crippen molar-refractivity contribution in [2.75, 3.05) is 0 Å². The van der Waals surface area contributed by atoms with E-state index in [2.05, 4.69) is 16.6 Å². The van der Waals surface area contributed by atoms with Gasteiger partial charge in [-0.1, -0.05) is 36.4 Å². The first kappa shape index (κ1) is 19.8. The molecule has 0 saturated carbocycles. The van der Waals surface area contributed by atoms with Crippen LogP contribution in [0.3, 0.4) is 0 Å². The molecule has 0 aliphatic heterocycles. The predicted octanol–water partition coefficient (Wildman–Crippen LogP) is 4.43. The van der Waals surface area contributed by atoms with Gasteiger partial charge in [-0.15, -0.1) is 0 Å². The summed E-state index contributed by atoms with van der Waals surface area (Å²) in [6, 6.07) is 21.8. The smallest absolute Gasteiger partial charge is 0.275 e. The highest BCUT2D eigenvalue weighted by Crippen LogP contribution is 2.19. The summed E-state index contributed by atoms with van der Waals surface area (Å²) in [5.74, 6) is -0.322. The number of carbonyl (C=O) groups is 1. The van der Waals surface area contributed by atoms with E-state index in [-0.39, 0.29) is 12.4 Å². The van der Waals surface area contributed by atoms with Crippen LogP contribution < -0.4 is 10.2 Å². The molecule has 29 heavy (non-hydrogen) atoms. The molecular formula is C23H18FN3O2. The first-order chi connectivity index (χ1) is 14.1. The molecule has 3 aromatic carbocycles. The molecule has 0 saturated heterocycles. The van der Waals surface area contributed by atoms with Gasteiger partial charge in [0, 0.05) is 0 Å². The number of benzene rings is 3. The van der Waals surface area contributed by atoms with Gasteiger partial charge in [0.2, 0.25) is 0 Å². The summed E-state index contributed by atoms with van der Waals surface area (Å²) in [7, 11) is 0. The molecule has 3 rings (SSSR count). The van der Waals surface area contributed by atoms with Crippen LogP contribution in [0.5, 0.6) is 5.75 Å². The lowest BCUT2D eigenvalue weighted by Gasteiger charge is -2.11. The summed E-state index contributed by atoms with van der Waals surface area (Å²) in [5.41, 5.74) is 5.61. The maximum absolute atomic E-state index is 13.0. The van der Waals surface area contributed by atoms with E-state index in [1.165, 1.54) is 12.1 Å². The Bertz CT molecular complexity index is 1070. The highest BCUT2D eigenvalue weighted by molar-refractivity contribution is 6.01. The van der Waals surface area contributed by atoms with Crippen LogP contribution in [0.25, 0.3) is 0 Å². The van der Waals surface area contributed by atoms with Crippen LogP contribution in [-0.4, -0.2) is 11.6 Å². The largest absolute Gasteiger partial charge is 0.488 e. The van der Waals surface area contributed by atoms with Gasteiger partial charge in [-0.2, -0.15) is 10.4 Å². The van der Waals surface area contributed by atoms with E-state index in [4.69, 9.17) is 10.00 Å². The molecule has 3 aromatic rings. The molecule has 0 atom stereocenters. The van der Waals surface area contributed by atoms with E-state index < -0.39 is 5.91 Å². The van der Waals surface area contributed by atoms with Crippen molar-refractivity contribution in [2.45, 2.75) is 13.5 Å². The van der Waals surface area contributed by atoms with Crippen molar-refractivity contribution in [1.29, 1.82) is 5.26 Å². The van der Waals surface area contributed by atoms with Gasteiger partial charge in [-0.3, -0.25) is 4.79 Å². The van der Waals surface area contributed by atoms with E-state index >= 15 is 0 Å². The molecule has 0 unspecified atom stereocenters. The van der Waals surface area contributed by atoms with Crippen LogP contribution >= 0.6 is 0 Å². The molecule has 0 aliphatic rings. The fourth-order valence-corrected chi connectivity index (χ4v) is 2.57. The Kier molecular flexibility index (Phi) is 6.33. The zero-order chi connectivity index (χ0) is 20.6. The standard InChI is InChI=1S/C23H18FN3O2/c1-16(19-10-6-17(14-25)7-11-19)26-27-23(28)21-4-2-3-5-22(21)29-15-18-8-12-20(24)13-9-18/h2-13H,15H2,1H3,(H,27,28). The van der Waals surface area contributed by atoms with Gasteiger partial charge in [0.1, 0.15) is 18.2 Å². The Labute approximate surface area is 168 Å². The number of ether oxygens (including phenoxy) is 1. The molecule has 1 N–H and O–H groups in total. The number of nitriles is 1. The zero-order valence-corrected chi connectivity index (χ0v) is 15.7. The number of rotatable bonds is 6. The Morgan fingerprint density at radius 1 is 1.07 bits per heavy atom. The Balaban J connectivity index is 1.68. The van der Waals surface area contributed by atoms with Crippen molar-refractivity contribution in [3.8, 4) is 11.8 Å². The summed E-state index contributed by atoms with van der Waals surface area (Å²) in [6.07, 6.45) is 0. The van der Waals surface area contributed by atoms with Crippen molar-refractivity contribution < 1.29 is 13.9 Å². The molecule has 0 radical (unpaired) electrons. The van der Waals surface area contributed by atoms with Gasteiger partial charge in [-0.05, 0) is 54.4 Å². The van der Waals surface area contributed by atoms with Gasteiger partial charge in [-0.25, -0.2) is 9.82 Å². The second-order valence-corrected chi connectivity index (χ2v) is 6.24. The molecule has 0 aliphatic carbocycles. The second kappa shape index (κ2) is 9.29. The lowest BCUT2D eigenvalue weighted by atomic mass is 10.1. The first-order valence-electron chi connectivity index (χ1n) is 8.88. The number of nitrogens with one attached hydrogen (secondary N) is 1. The van der Waals surface area contributed by atoms with Crippen LogP contribution in [0, 0.1) is 17.1 Å². The number of hydrogen-bond acceptors (Lipinski definition) is 4. The van der Waals surface area contributed by atoms with Crippen LogP contribution in [-0.2, 0) is 6.61 Å². The maximum atomic E-state index is 13.0. The first-order valence-corrected chi connectivity index (χ1v) is 8.88. The number of hydrazone groups is 1. The van der Waals surface area contributed by atoms with Crippen molar-refractivity contribution in [2.24, 2.45) is 5.10 Å². The monoisotopic (exact) mass is 387 g/mol. The highest BCUT2D eigenvalue weighted by Gasteiger charge is 2.12. The van der Waals surface area contributed by atoms with Crippen LogP contribution in [0.2, 0.25) is 0 Å². The molecule has 1 amide bonds. The van der Waals surface area contributed by atoms with E-state index in [9.17, 15) is 9.18 Å². The predicted molar refractivity (Wildman–Crippen MR) is 108 cm³/mol. The Morgan fingerprint density at radius 3 is 2.45 bits per heavy atom. The number of carbonyl (C=O) groups excluding carboxylic acids is 1. The average Bonchev–Trinajstić information content (AvgIpc) is 2.77. The molecule has 0 fully saturated rings. The molecule has 144 valence electrons. The summed E-state index contributed by atoms with van der Waals surface area (Å²) in [6.45, 7) is 1.97. The second-order valence-electron chi connectivity index (χ2n) is 6.24. The third-order valence-electron chi connectivity index (χ3n) is 4.20. The fourth-order valence-electron chi connectivity index (χ4n) is 2.57. The zero-order valence-electron chi connectivity index (χ0n) is 15.7. The minimum absolute atomic E-state index is 0.206. The van der Waals surface area contributed by atoms with Gasteiger partial charge in [0.05, 0.1) is 22.9 Å². The molecular weight excluding hydrogens is 369 g/mol.